The fourth-order valence-corrected chi connectivity index (χ4v) is 5.25. The van der Waals surface area contributed by atoms with Gasteiger partial charge in [0.25, 0.3) is 10.0 Å². The molecule has 0 unspecified atom stereocenters. The molecule has 2 aromatic carbocycles. The van der Waals surface area contributed by atoms with Crippen molar-refractivity contribution in [2.75, 3.05) is 18.0 Å². The topological polar surface area (TPSA) is 88.8 Å². The van der Waals surface area contributed by atoms with Gasteiger partial charge in [-0.15, -0.1) is 0 Å². The molecule has 0 bridgehead atoms. The molecule has 9 heteroatoms. The van der Waals surface area contributed by atoms with Crippen LogP contribution in [-0.4, -0.2) is 33.5 Å². The Morgan fingerprint density at radius 1 is 1.11 bits per heavy atom. The van der Waals surface area contributed by atoms with Crippen LogP contribution in [0.5, 0.6) is 5.75 Å². The van der Waals surface area contributed by atoms with Crippen molar-refractivity contribution in [3.8, 4) is 5.75 Å². The Morgan fingerprint density at radius 3 is 2.46 bits per heavy atom. The molecule has 186 valence electrons. The number of furan rings is 1. The third-order valence-corrected chi connectivity index (χ3v) is 8.04. The van der Waals surface area contributed by atoms with Crippen LogP contribution in [0.3, 0.4) is 0 Å². The van der Waals surface area contributed by atoms with Crippen molar-refractivity contribution in [2.45, 2.75) is 62.9 Å². The number of carbonyl (C=O) groups is 1. The predicted octanol–water partition coefficient (Wildman–Crippen LogP) is 5.13. The van der Waals surface area contributed by atoms with E-state index >= 15 is 0 Å². The quantitative estimate of drug-likeness (QED) is 0.505. The van der Waals surface area contributed by atoms with Crippen LogP contribution in [0.4, 0.5) is 10.1 Å². The molecule has 7 nitrogen and oxygen atoms in total. The zero-order chi connectivity index (χ0) is 25.0. The third kappa shape index (κ3) is 4.61. The lowest BCUT2D eigenvalue weighted by atomic mass is 9.87. The van der Waals surface area contributed by atoms with Crippen molar-refractivity contribution >= 4 is 32.6 Å². The van der Waals surface area contributed by atoms with Crippen LogP contribution in [0, 0.1) is 5.82 Å². The van der Waals surface area contributed by atoms with Gasteiger partial charge in [-0.25, -0.2) is 17.5 Å². The number of anilines is 1. The first-order valence-electron chi connectivity index (χ1n) is 11.9. The molecule has 1 aliphatic carbocycles. The molecule has 1 N–H and O–H groups in total. The van der Waals surface area contributed by atoms with Crippen molar-refractivity contribution < 1.29 is 26.8 Å². The van der Waals surface area contributed by atoms with Crippen molar-refractivity contribution in [1.29, 1.82) is 0 Å². The molecule has 0 radical (unpaired) electrons. The Balaban J connectivity index is 1.45. The molecule has 1 aromatic heterocycles. The molecule has 2 aliphatic rings. The average molecular weight is 501 g/mol. The number of ether oxygens (including phenoxy) is 1. The Morgan fingerprint density at radius 2 is 1.86 bits per heavy atom. The Hall–Kier alpha value is -3.07. The van der Waals surface area contributed by atoms with Gasteiger partial charge in [0.2, 0.25) is 0 Å². The SMILES string of the molecule is CC(C)(C)c1ccc(OC2CCC2)c(S(=O)(=O)NC(=O)c2cc3c(F)cc(N4CCC4)cc3o2)c1. The highest BCUT2D eigenvalue weighted by molar-refractivity contribution is 7.90. The van der Waals surface area contributed by atoms with Gasteiger partial charge in [0.1, 0.15) is 22.0 Å². The second kappa shape index (κ2) is 8.55. The fourth-order valence-electron chi connectivity index (χ4n) is 4.13. The molecule has 1 saturated heterocycles. The van der Waals surface area contributed by atoms with Gasteiger partial charge in [0.15, 0.2) is 5.76 Å². The van der Waals surface area contributed by atoms with Crippen molar-refractivity contribution in [3.05, 3.63) is 53.5 Å². The third-order valence-electron chi connectivity index (χ3n) is 6.69. The summed E-state index contributed by atoms with van der Waals surface area (Å²) < 4.78 is 54.9. The Kier molecular flexibility index (Phi) is 5.78. The fraction of sp³-hybridized carbons (Fsp3) is 0.423. The van der Waals surface area contributed by atoms with E-state index in [-0.39, 0.29) is 38.9 Å². The number of benzene rings is 2. The molecular weight excluding hydrogens is 471 g/mol. The lowest BCUT2D eigenvalue weighted by Crippen LogP contribution is -2.36. The molecule has 35 heavy (non-hydrogen) atoms. The van der Waals surface area contributed by atoms with Crippen LogP contribution in [0.2, 0.25) is 0 Å². The molecule has 1 saturated carbocycles. The summed E-state index contributed by atoms with van der Waals surface area (Å²) in [6, 6.07) is 9.32. The molecule has 0 spiro atoms. The maximum absolute atomic E-state index is 14.7. The first-order chi connectivity index (χ1) is 16.5. The summed E-state index contributed by atoms with van der Waals surface area (Å²) in [4.78, 5) is 14.8. The van der Waals surface area contributed by atoms with Gasteiger partial charge >= 0.3 is 5.91 Å². The van der Waals surface area contributed by atoms with Crippen LogP contribution in [0.25, 0.3) is 11.0 Å². The first kappa shape index (κ1) is 23.7. The van der Waals surface area contributed by atoms with Gasteiger partial charge < -0.3 is 14.1 Å². The number of hydrogen-bond donors (Lipinski definition) is 1. The van der Waals surface area contributed by atoms with Crippen LogP contribution < -0.4 is 14.4 Å². The van der Waals surface area contributed by atoms with Crippen LogP contribution in [-0.2, 0) is 15.4 Å². The summed E-state index contributed by atoms with van der Waals surface area (Å²) in [5.41, 5.74) is 1.34. The van der Waals surface area contributed by atoms with E-state index in [1.165, 1.54) is 12.1 Å². The maximum Gasteiger partial charge on any atom is 0.300 e. The van der Waals surface area contributed by atoms with Gasteiger partial charge in [-0.1, -0.05) is 26.8 Å². The van der Waals surface area contributed by atoms with E-state index in [9.17, 15) is 17.6 Å². The van der Waals surface area contributed by atoms with E-state index in [0.717, 1.165) is 44.3 Å². The number of nitrogens with one attached hydrogen (secondary N) is 1. The Labute approximate surface area is 204 Å². The predicted molar refractivity (Wildman–Crippen MR) is 131 cm³/mol. The first-order valence-corrected chi connectivity index (χ1v) is 13.4. The van der Waals surface area contributed by atoms with Gasteiger partial charge in [0, 0.05) is 30.9 Å². The molecule has 5 rings (SSSR count). The molecule has 3 aromatic rings. The summed E-state index contributed by atoms with van der Waals surface area (Å²) in [6.45, 7) is 7.58. The van der Waals surface area contributed by atoms with Crippen LogP contribution >= 0.6 is 0 Å². The molecule has 1 aliphatic heterocycles. The van der Waals surface area contributed by atoms with E-state index in [2.05, 4.69) is 4.72 Å². The van der Waals surface area contributed by atoms with E-state index in [0.29, 0.717) is 5.69 Å². The van der Waals surface area contributed by atoms with E-state index in [1.54, 1.807) is 18.2 Å². The number of nitrogens with zero attached hydrogens (tertiary/aromatic N) is 1. The van der Waals surface area contributed by atoms with Gasteiger partial charge in [0.05, 0.1) is 11.5 Å². The van der Waals surface area contributed by atoms with Crippen molar-refractivity contribution in [3.63, 3.8) is 0 Å². The second-order valence-corrected chi connectivity index (χ2v) is 12.0. The minimum Gasteiger partial charge on any atom is -0.489 e. The van der Waals surface area contributed by atoms with Gasteiger partial charge in [-0.3, -0.25) is 4.79 Å². The summed E-state index contributed by atoms with van der Waals surface area (Å²) in [7, 11) is -4.30. The molecule has 2 heterocycles. The number of sulfonamides is 1. The number of hydrogen-bond acceptors (Lipinski definition) is 6. The second-order valence-electron chi connectivity index (χ2n) is 10.3. The van der Waals surface area contributed by atoms with Gasteiger partial charge in [-0.05, 0) is 54.9 Å². The lowest BCUT2D eigenvalue weighted by Gasteiger charge is -2.33. The lowest BCUT2D eigenvalue weighted by molar-refractivity contribution is 0.0956. The van der Waals surface area contributed by atoms with E-state index in [1.807, 2.05) is 31.7 Å². The highest BCUT2D eigenvalue weighted by Crippen LogP contribution is 2.35. The zero-order valence-electron chi connectivity index (χ0n) is 20.1. The number of carbonyl (C=O) groups excluding carboxylic acids is 1. The summed E-state index contributed by atoms with van der Waals surface area (Å²) in [5, 5.41) is 0.126. The van der Waals surface area contributed by atoms with Crippen LogP contribution in [0.1, 0.15) is 62.6 Å². The number of amides is 1. The van der Waals surface area contributed by atoms with Crippen molar-refractivity contribution in [1.82, 2.24) is 4.72 Å². The van der Waals surface area contributed by atoms with E-state index < -0.39 is 21.7 Å². The van der Waals surface area contributed by atoms with Crippen molar-refractivity contribution in [2.24, 2.45) is 0 Å². The minimum atomic E-state index is -4.30. The minimum absolute atomic E-state index is 0.0425. The Bertz CT molecular complexity index is 1400. The molecule has 0 atom stereocenters. The normalized spacial score (nSPS) is 16.6. The number of rotatable bonds is 6. The number of halogens is 1. The zero-order valence-corrected chi connectivity index (χ0v) is 20.9. The smallest absolute Gasteiger partial charge is 0.300 e. The molecule has 1 amide bonds. The standard InChI is InChI=1S/C26H29FN2O5S/c1-26(2,3)16-8-9-21(33-18-6-4-7-18)24(12-16)35(31,32)28-25(30)23-15-19-20(27)13-17(14-22(19)34-23)29-10-5-11-29/h8-9,12-15,18H,4-7,10-11H2,1-3H3,(H,28,30). The van der Waals surface area contributed by atoms with Crippen LogP contribution in [0.15, 0.2) is 45.7 Å². The maximum atomic E-state index is 14.7. The monoisotopic (exact) mass is 500 g/mol. The largest absolute Gasteiger partial charge is 0.489 e. The highest BCUT2D eigenvalue weighted by Gasteiger charge is 2.30. The summed E-state index contributed by atoms with van der Waals surface area (Å²) >= 11 is 0. The van der Waals surface area contributed by atoms with Gasteiger partial charge in [-0.2, -0.15) is 0 Å². The average Bonchev–Trinajstić information content (AvgIpc) is 3.13. The number of fused-ring (bicyclic) bond motifs is 1. The summed E-state index contributed by atoms with van der Waals surface area (Å²) in [6.07, 6.45) is 3.74. The highest BCUT2D eigenvalue weighted by atomic mass is 32.2. The van der Waals surface area contributed by atoms with E-state index in [4.69, 9.17) is 9.15 Å². The molecular formula is C26H29FN2O5S. The molecule has 2 fully saturated rings. The summed E-state index contributed by atoms with van der Waals surface area (Å²) in [5.74, 6) is -1.57.